The van der Waals surface area contributed by atoms with Crippen LogP contribution in [0.4, 0.5) is 0 Å². The zero-order chi connectivity index (χ0) is 51.7. The van der Waals surface area contributed by atoms with Gasteiger partial charge in [-0.2, -0.15) is 0 Å². The van der Waals surface area contributed by atoms with Gasteiger partial charge in [0.25, 0.3) is 0 Å². The Balaban J connectivity index is 2.29. The van der Waals surface area contributed by atoms with Crippen LogP contribution in [0.3, 0.4) is 0 Å². The fourth-order valence-corrected chi connectivity index (χ4v) is 7.32. The molecule has 0 amide bonds. The van der Waals surface area contributed by atoms with Crippen LogP contribution in [0.15, 0.2) is 12.7 Å². The minimum atomic E-state index is -2.00. The lowest BCUT2D eigenvalue weighted by atomic mass is 9.95. The molecule has 0 bridgehead atoms. The predicted molar refractivity (Wildman–Crippen MR) is 220 cm³/mol. The van der Waals surface area contributed by atoms with E-state index in [1.807, 2.05) is 0 Å². The summed E-state index contributed by atoms with van der Waals surface area (Å²) in [4.78, 5) is 125. The first-order valence-electron chi connectivity index (χ1n) is 21.5. The molecule has 15 atom stereocenters. The number of hydrogen-bond acceptors (Lipinski definition) is 26. The summed E-state index contributed by atoms with van der Waals surface area (Å²) in [7, 11) is 0. The lowest BCUT2D eigenvalue weighted by Gasteiger charge is -2.50. The van der Waals surface area contributed by atoms with Gasteiger partial charge >= 0.3 is 59.7 Å². The zero-order valence-electron chi connectivity index (χ0n) is 39.8. The fraction of sp³-hybridized carbons (Fsp3) is 0.721. The highest BCUT2D eigenvalue weighted by Crippen LogP contribution is 2.38. The first kappa shape index (κ1) is 57.5. The summed E-state index contributed by atoms with van der Waals surface area (Å²) in [6.07, 6.45) is -23.5. The first-order chi connectivity index (χ1) is 32.4. The third kappa shape index (κ3) is 18.2. The summed E-state index contributed by atoms with van der Waals surface area (Å²) in [6.45, 7) is 11.7. The molecule has 3 fully saturated rings. The van der Waals surface area contributed by atoms with Crippen LogP contribution in [0.25, 0.3) is 0 Å². The highest BCUT2D eigenvalue weighted by Gasteiger charge is 2.60. The van der Waals surface area contributed by atoms with Gasteiger partial charge in [-0.25, -0.2) is 0 Å². The first-order valence-corrected chi connectivity index (χ1v) is 21.5. The Labute approximate surface area is 396 Å². The summed E-state index contributed by atoms with van der Waals surface area (Å²) in [6, 6.07) is 0. The molecule has 69 heavy (non-hydrogen) atoms. The van der Waals surface area contributed by atoms with Gasteiger partial charge in [0, 0.05) is 69.2 Å². The molecule has 0 aromatic rings. The van der Waals surface area contributed by atoms with E-state index in [1.54, 1.807) is 6.08 Å². The smallest absolute Gasteiger partial charge is 0.303 e. The molecule has 0 unspecified atom stereocenters. The van der Waals surface area contributed by atoms with E-state index in [-0.39, 0.29) is 6.61 Å². The SMILES string of the molecule is C=CCCCO[C@@H]1O[C@H](COC(C)=O)[C@@H](O[C@@H]2O[C@H](COC(C)=O)[C@H](O[C@H]3O[C@H](COC(C)=O)[C@H](OC(C)=O)[C@H](OC(C)=O)[C@H]3OC(C)=O)[C@H](OC(C)=O)[C@H]2OC(C)=O)[C@H](OC(C)=O)[C@H]1OC(C)=O. The van der Waals surface area contributed by atoms with Crippen molar-refractivity contribution in [1.82, 2.24) is 0 Å². The Morgan fingerprint density at radius 2 is 0.652 bits per heavy atom. The van der Waals surface area contributed by atoms with Crippen molar-refractivity contribution >= 4 is 59.7 Å². The van der Waals surface area contributed by atoms with Crippen molar-refractivity contribution in [2.24, 2.45) is 0 Å². The molecule has 3 rings (SSSR count). The largest absolute Gasteiger partial charge is 0.463 e. The van der Waals surface area contributed by atoms with Crippen molar-refractivity contribution in [1.29, 1.82) is 0 Å². The van der Waals surface area contributed by atoms with E-state index in [0.717, 1.165) is 69.2 Å². The molecule has 3 saturated heterocycles. The number of carbonyl (C=O) groups is 10. The van der Waals surface area contributed by atoms with Crippen molar-refractivity contribution in [3.05, 3.63) is 12.7 Å². The van der Waals surface area contributed by atoms with Gasteiger partial charge in [-0.05, 0) is 12.8 Å². The second-order valence-corrected chi connectivity index (χ2v) is 15.6. The molecule has 3 heterocycles. The Morgan fingerprint density at radius 3 is 0.971 bits per heavy atom. The molecule has 26 nitrogen and oxygen atoms in total. The predicted octanol–water partition coefficient (Wildman–Crippen LogP) is 0.126. The van der Waals surface area contributed by atoms with Crippen molar-refractivity contribution in [3.8, 4) is 0 Å². The van der Waals surface area contributed by atoms with Crippen molar-refractivity contribution < 1.29 is 124 Å². The van der Waals surface area contributed by atoms with Crippen molar-refractivity contribution in [3.63, 3.8) is 0 Å². The van der Waals surface area contributed by atoms with Gasteiger partial charge in [0.15, 0.2) is 61.6 Å². The third-order valence-electron chi connectivity index (χ3n) is 9.66. The average Bonchev–Trinajstić information content (AvgIpc) is 3.22. The molecule has 0 spiro atoms. The van der Waals surface area contributed by atoms with Crippen molar-refractivity contribution in [2.75, 3.05) is 26.4 Å². The summed E-state index contributed by atoms with van der Waals surface area (Å²) in [5.41, 5.74) is 0. The Bertz CT molecular complexity index is 1850. The summed E-state index contributed by atoms with van der Waals surface area (Å²) in [5, 5.41) is 0. The topological polar surface area (TPSA) is 318 Å². The Hall–Kier alpha value is -5.80. The van der Waals surface area contributed by atoms with E-state index in [4.69, 9.17) is 75.8 Å². The Morgan fingerprint density at radius 1 is 0.377 bits per heavy atom. The van der Waals surface area contributed by atoms with Crippen molar-refractivity contribution in [2.45, 2.75) is 174 Å². The molecule has 0 N–H and O–H groups in total. The number of carbonyl (C=O) groups excluding carboxylic acids is 10. The van der Waals surface area contributed by atoms with Crippen LogP contribution in [-0.4, -0.2) is 178 Å². The lowest BCUT2D eigenvalue weighted by molar-refractivity contribution is -0.380. The number of hydrogen-bond donors (Lipinski definition) is 0. The van der Waals surface area contributed by atoms with E-state index in [1.165, 1.54) is 0 Å². The molecular formula is C43H60O26. The second-order valence-electron chi connectivity index (χ2n) is 15.6. The fourth-order valence-electron chi connectivity index (χ4n) is 7.32. The minimum absolute atomic E-state index is 0.0101. The van der Waals surface area contributed by atoms with Gasteiger partial charge < -0.3 is 75.8 Å². The van der Waals surface area contributed by atoms with Crippen LogP contribution in [-0.2, 0) is 124 Å². The van der Waals surface area contributed by atoms with Crippen LogP contribution in [0.5, 0.6) is 0 Å². The molecule has 3 aliphatic rings. The monoisotopic (exact) mass is 992 g/mol. The van der Waals surface area contributed by atoms with Crippen LogP contribution in [0, 0.1) is 0 Å². The molecule has 0 aromatic heterocycles. The van der Waals surface area contributed by atoms with Crippen LogP contribution < -0.4 is 0 Å². The molecular weight excluding hydrogens is 932 g/mol. The summed E-state index contributed by atoms with van der Waals surface area (Å²) in [5.74, 6) is -9.32. The number of rotatable bonds is 22. The van der Waals surface area contributed by atoms with E-state index in [0.29, 0.717) is 12.8 Å². The normalized spacial score (nSPS) is 30.7. The van der Waals surface area contributed by atoms with Gasteiger partial charge in [-0.15, -0.1) is 6.58 Å². The standard InChI is InChI=1S/C43H60O26/c1-12-13-14-15-54-41-38(62-26(9)51)36(60-24(7)49)33(30(65-41)17-56-20(3)45)68-43-40(64-28(11)53)37(61-25(8)50)34(31(67-43)18-57-21(4)46)69-42-39(63-27(10)52)35(59-23(6)48)32(58-22(5)47)29(66-42)16-55-19(2)44/h12,29-43H,1,13-18H2,2-11H3/t29-,30-,31-,32+,33-,34+,35+,36+,37+,38-,39-,40-,41-,42-,43+/m1/s1. The van der Waals surface area contributed by atoms with E-state index in [2.05, 4.69) is 6.58 Å². The van der Waals surface area contributed by atoms with Gasteiger partial charge in [0.2, 0.25) is 0 Å². The maximum atomic E-state index is 13.0. The zero-order valence-corrected chi connectivity index (χ0v) is 39.8. The lowest BCUT2D eigenvalue weighted by Crippen LogP contribution is -2.69. The van der Waals surface area contributed by atoms with Crippen LogP contribution in [0.2, 0.25) is 0 Å². The second kappa shape index (κ2) is 27.4. The third-order valence-corrected chi connectivity index (χ3v) is 9.66. The maximum Gasteiger partial charge on any atom is 0.303 e. The number of esters is 10. The highest BCUT2D eigenvalue weighted by molar-refractivity contribution is 5.70. The number of allylic oxidation sites excluding steroid dienone is 1. The van der Waals surface area contributed by atoms with Crippen LogP contribution >= 0.6 is 0 Å². The molecule has 0 saturated carbocycles. The van der Waals surface area contributed by atoms with E-state index in [9.17, 15) is 47.9 Å². The van der Waals surface area contributed by atoms with Gasteiger partial charge in [0.1, 0.15) is 50.3 Å². The number of ether oxygens (including phenoxy) is 16. The summed E-state index contributed by atoms with van der Waals surface area (Å²) >= 11 is 0. The molecule has 3 aliphatic heterocycles. The highest BCUT2D eigenvalue weighted by atomic mass is 16.8. The van der Waals surface area contributed by atoms with Gasteiger partial charge in [-0.3, -0.25) is 47.9 Å². The molecule has 0 aromatic carbocycles. The van der Waals surface area contributed by atoms with Gasteiger partial charge in [-0.1, -0.05) is 6.08 Å². The molecule has 0 aliphatic carbocycles. The van der Waals surface area contributed by atoms with E-state index >= 15 is 0 Å². The molecule has 388 valence electrons. The minimum Gasteiger partial charge on any atom is -0.463 e. The van der Waals surface area contributed by atoms with Gasteiger partial charge in [0.05, 0.1) is 6.61 Å². The quantitative estimate of drug-likeness (QED) is 0.0602. The van der Waals surface area contributed by atoms with Crippen LogP contribution in [0.1, 0.15) is 82.1 Å². The summed E-state index contributed by atoms with van der Waals surface area (Å²) < 4.78 is 92.3. The molecule has 26 heteroatoms. The maximum absolute atomic E-state index is 13.0. The number of unbranched alkanes of at least 4 members (excludes halogenated alkanes) is 1. The van der Waals surface area contributed by atoms with E-state index < -0.39 is 172 Å². The average molecular weight is 993 g/mol. The molecule has 0 radical (unpaired) electrons. The Kier molecular flexibility index (Phi) is 22.8.